The summed E-state index contributed by atoms with van der Waals surface area (Å²) in [6.45, 7) is 4.15. The third-order valence-corrected chi connectivity index (χ3v) is 4.72. The van der Waals surface area contributed by atoms with Crippen LogP contribution >= 0.6 is 27.5 Å². The molecule has 2 aromatic rings. The third-order valence-electron chi connectivity index (χ3n) is 3.79. The zero-order chi connectivity index (χ0) is 15.6. The fourth-order valence-corrected chi connectivity index (χ4v) is 3.24. The van der Waals surface area contributed by atoms with Crippen LogP contribution in [0.4, 0.5) is 5.69 Å². The van der Waals surface area contributed by atoms with Gasteiger partial charge < -0.3 is 10.6 Å². The molecule has 1 unspecified atom stereocenters. The van der Waals surface area contributed by atoms with Crippen LogP contribution in [0.5, 0.6) is 0 Å². The van der Waals surface area contributed by atoms with Crippen molar-refractivity contribution in [1.82, 2.24) is 0 Å². The molecule has 0 spiro atoms. The Morgan fingerprint density at radius 2 is 1.86 bits per heavy atom. The van der Waals surface area contributed by atoms with E-state index in [1.54, 1.807) is 0 Å². The molecule has 21 heavy (non-hydrogen) atoms. The van der Waals surface area contributed by atoms with Crippen LogP contribution in [0.15, 0.2) is 46.9 Å². The van der Waals surface area contributed by atoms with E-state index in [9.17, 15) is 0 Å². The van der Waals surface area contributed by atoms with E-state index in [0.29, 0.717) is 0 Å². The second-order valence-corrected chi connectivity index (χ2v) is 6.63. The van der Waals surface area contributed by atoms with E-state index in [4.69, 9.17) is 17.3 Å². The number of hydrogen-bond donors (Lipinski definition) is 1. The molecular formula is C17H20BrClN2. The molecule has 0 aliphatic rings. The Morgan fingerprint density at radius 3 is 2.43 bits per heavy atom. The lowest BCUT2D eigenvalue weighted by Gasteiger charge is -2.28. The maximum atomic E-state index is 6.08. The summed E-state index contributed by atoms with van der Waals surface area (Å²) in [5.74, 6) is 0. The van der Waals surface area contributed by atoms with Crippen LogP contribution in [0.2, 0.25) is 5.02 Å². The number of rotatable bonds is 4. The fraction of sp³-hybridized carbons (Fsp3) is 0.294. The van der Waals surface area contributed by atoms with Crippen molar-refractivity contribution in [2.24, 2.45) is 5.73 Å². The lowest BCUT2D eigenvalue weighted by Crippen LogP contribution is -2.21. The quantitative estimate of drug-likeness (QED) is 0.792. The summed E-state index contributed by atoms with van der Waals surface area (Å²) >= 11 is 9.69. The molecule has 4 heteroatoms. The van der Waals surface area contributed by atoms with E-state index in [1.807, 2.05) is 25.1 Å². The van der Waals surface area contributed by atoms with Crippen LogP contribution < -0.4 is 10.6 Å². The zero-order valence-electron chi connectivity index (χ0n) is 12.5. The highest BCUT2D eigenvalue weighted by molar-refractivity contribution is 9.10. The first-order valence-electron chi connectivity index (χ1n) is 6.93. The zero-order valence-corrected chi connectivity index (χ0v) is 14.8. The number of nitrogens with two attached hydrogens (primary N) is 1. The van der Waals surface area contributed by atoms with Gasteiger partial charge >= 0.3 is 0 Å². The molecule has 2 rings (SSSR count). The van der Waals surface area contributed by atoms with Gasteiger partial charge in [0.05, 0.1) is 6.04 Å². The summed E-state index contributed by atoms with van der Waals surface area (Å²) in [5, 5.41) is 0.765. The average molecular weight is 368 g/mol. The minimum Gasteiger partial charge on any atom is -0.368 e. The Balaban J connectivity index is 2.27. The molecule has 0 heterocycles. The fourth-order valence-electron chi connectivity index (χ4n) is 2.32. The lowest BCUT2D eigenvalue weighted by atomic mass is 10.1. The Morgan fingerprint density at radius 1 is 1.14 bits per heavy atom. The Kier molecular flexibility index (Phi) is 5.31. The summed E-state index contributed by atoms with van der Waals surface area (Å²) in [4.78, 5) is 2.22. The summed E-state index contributed by atoms with van der Waals surface area (Å²) in [6.07, 6.45) is 0. The highest BCUT2D eigenvalue weighted by Gasteiger charge is 2.14. The van der Waals surface area contributed by atoms with Gasteiger partial charge in [0, 0.05) is 28.3 Å². The van der Waals surface area contributed by atoms with Gasteiger partial charge in [0.1, 0.15) is 0 Å². The van der Waals surface area contributed by atoms with Crippen LogP contribution in [-0.2, 0) is 0 Å². The molecule has 0 fully saturated rings. The molecule has 0 aliphatic carbocycles. The van der Waals surface area contributed by atoms with Crippen molar-refractivity contribution in [2.75, 3.05) is 11.9 Å². The Hall–Kier alpha value is -1.03. The molecule has 0 amide bonds. The van der Waals surface area contributed by atoms with Crippen molar-refractivity contribution in [3.63, 3.8) is 0 Å². The topological polar surface area (TPSA) is 29.3 Å². The molecule has 0 aliphatic heterocycles. The lowest BCUT2D eigenvalue weighted by molar-refractivity contribution is 0.738. The molecule has 2 atom stereocenters. The second kappa shape index (κ2) is 6.82. The van der Waals surface area contributed by atoms with Crippen LogP contribution in [-0.4, -0.2) is 7.05 Å². The molecular weight excluding hydrogens is 348 g/mol. The second-order valence-electron chi connectivity index (χ2n) is 5.34. The molecule has 0 saturated heterocycles. The summed E-state index contributed by atoms with van der Waals surface area (Å²) in [6, 6.07) is 14.5. The molecule has 0 bridgehead atoms. The van der Waals surface area contributed by atoms with Gasteiger partial charge in [-0.25, -0.2) is 0 Å². The Bertz CT molecular complexity index is 628. The molecule has 2 N–H and O–H groups in total. The van der Waals surface area contributed by atoms with Gasteiger partial charge in [-0.15, -0.1) is 0 Å². The van der Waals surface area contributed by atoms with Crippen molar-refractivity contribution in [2.45, 2.75) is 25.9 Å². The maximum Gasteiger partial charge on any atom is 0.0511 e. The van der Waals surface area contributed by atoms with Gasteiger partial charge in [-0.2, -0.15) is 0 Å². The van der Waals surface area contributed by atoms with E-state index in [0.717, 1.165) is 20.7 Å². The molecule has 112 valence electrons. The first-order chi connectivity index (χ1) is 9.90. The van der Waals surface area contributed by atoms with Gasteiger partial charge in [-0.05, 0) is 49.2 Å². The monoisotopic (exact) mass is 366 g/mol. The molecule has 0 radical (unpaired) electrons. The van der Waals surface area contributed by atoms with Gasteiger partial charge in [0.25, 0.3) is 0 Å². The van der Waals surface area contributed by atoms with E-state index < -0.39 is 0 Å². The van der Waals surface area contributed by atoms with Crippen LogP contribution in [0.1, 0.15) is 37.1 Å². The summed E-state index contributed by atoms with van der Waals surface area (Å²) in [7, 11) is 2.08. The highest BCUT2D eigenvalue weighted by atomic mass is 79.9. The SMILES string of the molecule is CC(c1cccc(Cl)c1)N(C)c1ccc([C@@H](C)N)c(Br)c1. The first-order valence-corrected chi connectivity index (χ1v) is 8.10. The minimum atomic E-state index is 0.0177. The first kappa shape index (κ1) is 16.3. The van der Waals surface area contributed by atoms with Crippen LogP contribution in [0.3, 0.4) is 0 Å². The van der Waals surface area contributed by atoms with Crippen molar-refractivity contribution >= 4 is 33.2 Å². The van der Waals surface area contributed by atoms with Gasteiger partial charge in [-0.3, -0.25) is 0 Å². The van der Waals surface area contributed by atoms with Crippen molar-refractivity contribution in [3.05, 3.63) is 63.1 Å². The minimum absolute atomic E-state index is 0.0177. The van der Waals surface area contributed by atoms with E-state index in [-0.39, 0.29) is 12.1 Å². The number of benzene rings is 2. The largest absolute Gasteiger partial charge is 0.368 e. The Labute approximate surface area is 140 Å². The highest BCUT2D eigenvalue weighted by Crippen LogP contribution is 2.31. The smallest absolute Gasteiger partial charge is 0.0511 e. The van der Waals surface area contributed by atoms with Crippen molar-refractivity contribution in [3.8, 4) is 0 Å². The number of nitrogens with zero attached hydrogens (tertiary/aromatic N) is 1. The predicted molar refractivity (Wildman–Crippen MR) is 95.0 cm³/mol. The van der Waals surface area contributed by atoms with E-state index in [2.05, 4.69) is 59.1 Å². The van der Waals surface area contributed by atoms with Crippen molar-refractivity contribution in [1.29, 1.82) is 0 Å². The average Bonchev–Trinajstić information content (AvgIpc) is 2.45. The van der Waals surface area contributed by atoms with Crippen LogP contribution in [0.25, 0.3) is 0 Å². The molecule has 0 aromatic heterocycles. The van der Waals surface area contributed by atoms with E-state index in [1.165, 1.54) is 5.56 Å². The number of halogens is 2. The standard InChI is InChI=1S/C17H20BrClN2/c1-11(20)16-8-7-15(10-17(16)18)21(3)12(2)13-5-4-6-14(19)9-13/h4-12H,20H2,1-3H3/t11-,12?/m1/s1. The molecule has 2 nitrogen and oxygen atoms in total. The number of anilines is 1. The number of hydrogen-bond acceptors (Lipinski definition) is 2. The predicted octanol–water partition coefficient (Wildman–Crippen LogP) is 5.32. The summed E-state index contributed by atoms with van der Waals surface area (Å²) in [5.41, 5.74) is 9.39. The van der Waals surface area contributed by atoms with Gasteiger partial charge in [0.15, 0.2) is 0 Å². The van der Waals surface area contributed by atoms with Gasteiger partial charge in [0.2, 0.25) is 0 Å². The van der Waals surface area contributed by atoms with E-state index >= 15 is 0 Å². The molecule has 2 aromatic carbocycles. The van der Waals surface area contributed by atoms with Crippen LogP contribution in [0, 0.1) is 0 Å². The maximum absolute atomic E-state index is 6.08. The van der Waals surface area contributed by atoms with Crippen molar-refractivity contribution < 1.29 is 0 Å². The van der Waals surface area contributed by atoms with Gasteiger partial charge in [-0.1, -0.05) is 45.7 Å². The third kappa shape index (κ3) is 3.79. The normalized spacial score (nSPS) is 13.8. The summed E-state index contributed by atoms with van der Waals surface area (Å²) < 4.78 is 1.04. The molecule has 0 saturated carbocycles.